The van der Waals surface area contributed by atoms with Gasteiger partial charge in [-0.15, -0.1) is 5.10 Å². The molecule has 0 spiro atoms. The number of hydrogen-bond acceptors (Lipinski definition) is 7. The van der Waals surface area contributed by atoms with E-state index in [0.29, 0.717) is 31.0 Å². The molecule has 5 aromatic rings. The van der Waals surface area contributed by atoms with Crippen molar-refractivity contribution in [2.75, 3.05) is 6.61 Å². The second kappa shape index (κ2) is 11.5. The Morgan fingerprint density at radius 2 is 1.85 bits per heavy atom. The molecular formula is C31H33N7O2. The summed E-state index contributed by atoms with van der Waals surface area (Å²) in [6.45, 7) is 6.49. The molecular weight excluding hydrogens is 502 g/mol. The summed E-state index contributed by atoms with van der Waals surface area (Å²) < 4.78 is 7.74. The molecule has 1 aliphatic heterocycles. The SMILES string of the molecule is Cc1ccc(C)c2[nH]c(=O)c([C@@H](c3nnnn3C[C@H]3CCCO3)N(Cc3ccccc3)Cc3cccnc3)cc12. The molecule has 0 amide bonds. The Kier molecular flexibility index (Phi) is 7.48. The van der Waals surface area contributed by atoms with Gasteiger partial charge in [0.15, 0.2) is 5.82 Å². The van der Waals surface area contributed by atoms with Gasteiger partial charge >= 0.3 is 0 Å². The maximum atomic E-state index is 13.9. The highest BCUT2D eigenvalue weighted by atomic mass is 16.5. The molecule has 9 heteroatoms. The molecule has 0 radical (unpaired) electrons. The lowest BCUT2D eigenvalue weighted by atomic mass is 9.98. The number of nitrogens with zero attached hydrogens (tertiary/aromatic N) is 6. The van der Waals surface area contributed by atoms with Gasteiger partial charge in [-0.05, 0) is 71.5 Å². The predicted octanol–water partition coefficient (Wildman–Crippen LogP) is 4.50. The molecule has 4 heterocycles. The first-order valence-electron chi connectivity index (χ1n) is 13.7. The summed E-state index contributed by atoms with van der Waals surface area (Å²) in [6.07, 6.45) is 5.66. The second-order valence-electron chi connectivity index (χ2n) is 10.6. The van der Waals surface area contributed by atoms with Gasteiger partial charge in [-0.1, -0.05) is 48.5 Å². The fourth-order valence-corrected chi connectivity index (χ4v) is 5.59. The van der Waals surface area contributed by atoms with E-state index in [1.165, 1.54) is 0 Å². The first kappa shape index (κ1) is 26.0. The van der Waals surface area contributed by atoms with Gasteiger partial charge in [0.2, 0.25) is 0 Å². The minimum atomic E-state index is -0.523. The molecule has 2 atom stereocenters. The Balaban J connectivity index is 1.53. The highest BCUT2D eigenvalue weighted by molar-refractivity contribution is 5.85. The number of pyridine rings is 2. The maximum absolute atomic E-state index is 13.9. The quantitative estimate of drug-likeness (QED) is 0.297. The lowest BCUT2D eigenvalue weighted by Crippen LogP contribution is -2.35. The van der Waals surface area contributed by atoms with Gasteiger partial charge in [-0.25, -0.2) is 4.68 Å². The van der Waals surface area contributed by atoms with Gasteiger partial charge < -0.3 is 9.72 Å². The average molecular weight is 536 g/mol. The lowest BCUT2D eigenvalue weighted by molar-refractivity contribution is 0.0903. The summed E-state index contributed by atoms with van der Waals surface area (Å²) >= 11 is 0. The van der Waals surface area contributed by atoms with Crippen LogP contribution in [0, 0.1) is 13.8 Å². The Labute approximate surface area is 232 Å². The number of aryl methyl sites for hydroxylation is 2. The Morgan fingerprint density at radius 1 is 1.05 bits per heavy atom. The van der Waals surface area contributed by atoms with E-state index in [2.05, 4.69) is 61.6 Å². The molecule has 3 aromatic heterocycles. The van der Waals surface area contributed by atoms with Crippen molar-refractivity contribution in [1.82, 2.24) is 35.1 Å². The normalized spacial score (nSPS) is 16.1. The van der Waals surface area contributed by atoms with E-state index >= 15 is 0 Å². The summed E-state index contributed by atoms with van der Waals surface area (Å²) in [7, 11) is 0. The minimum absolute atomic E-state index is 0.0450. The van der Waals surface area contributed by atoms with E-state index < -0.39 is 6.04 Å². The van der Waals surface area contributed by atoms with Crippen LogP contribution in [-0.2, 0) is 24.4 Å². The van der Waals surface area contributed by atoms with Gasteiger partial charge in [0.1, 0.15) is 6.04 Å². The monoisotopic (exact) mass is 535 g/mol. The van der Waals surface area contributed by atoms with Gasteiger partial charge in [0.05, 0.1) is 18.2 Å². The molecule has 0 aliphatic carbocycles. The zero-order chi connectivity index (χ0) is 27.5. The highest BCUT2D eigenvalue weighted by Gasteiger charge is 2.32. The van der Waals surface area contributed by atoms with Gasteiger partial charge in [-0.3, -0.25) is 14.7 Å². The molecule has 6 rings (SSSR count). The van der Waals surface area contributed by atoms with Crippen LogP contribution in [0.1, 0.15) is 52.5 Å². The van der Waals surface area contributed by atoms with Gasteiger partial charge in [0, 0.05) is 43.0 Å². The van der Waals surface area contributed by atoms with Crippen LogP contribution in [0.3, 0.4) is 0 Å². The number of tetrazole rings is 1. The van der Waals surface area contributed by atoms with Crippen LogP contribution in [0.25, 0.3) is 10.9 Å². The summed E-state index contributed by atoms with van der Waals surface area (Å²) in [6, 6.07) is 19.9. The predicted molar refractivity (Wildman–Crippen MR) is 153 cm³/mol. The number of aromatic amines is 1. The Bertz CT molecular complexity index is 1600. The third kappa shape index (κ3) is 5.43. The van der Waals surface area contributed by atoms with Gasteiger partial charge in [0.25, 0.3) is 5.56 Å². The first-order chi connectivity index (χ1) is 19.6. The summed E-state index contributed by atoms with van der Waals surface area (Å²) in [4.78, 5) is 23.7. The van der Waals surface area contributed by atoms with E-state index in [1.54, 1.807) is 6.20 Å². The zero-order valence-electron chi connectivity index (χ0n) is 22.8. The van der Waals surface area contributed by atoms with Crippen molar-refractivity contribution in [3.63, 3.8) is 0 Å². The maximum Gasteiger partial charge on any atom is 0.253 e. The van der Waals surface area contributed by atoms with Crippen LogP contribution >= 0.6 is 0 Å². The van der Waals surface area contributed by atoms with Crippen molar-refractivity contribution in [2.45, 2.75) is 58.5 Å². The standard InChI is InChI=1S/C31H33N7O2/c1-21-12-13-22(2)28-26(21)16-27(31(39)33-28)29(30-34-35-36-38(30)20-25-11-7-15-40-25)37(18-23-8-4-3-5-9-23)19-24-10-6-14-32-17-24/h3-6,8-10,12-14,16-17,25,29H,7,11,15,18-20H2,1-2H3,(H,33,39)/t25-,29+/m1/s1. The van der Waals surface area contributed by atoms with E-state index in [-0.39, 0.29) is 11.7 Å². The van der Waals surface area contributed by atoms with Crippen molar-refractivity contribution in [3.05, 3.63) is 117 Å². The molecule has 204 valence electrons. The van der Waals surface area contributed by atoms with Crippen LogP contribution in [0.15, 0.2) is 77.9 Å². The van der Waals surface area contributed by atoms with Crippen molar-refractivity contribution < 1.29 is 4.74 Å². The first-order valence-corrected chi connectivity index (χ1v) is 13.7. The number of nitrogens with one attached hydrogen (secondary N) is 1. The van der Waals surface area contributed by atoms with Crippen LogP contribution in [-0.4, -0.2) is 47.8 Å². The largest absolute Gasteiger partial charge is 0.376 e. The Hall–Kier alpha value is -4.21. The van der Waals surface area contributed by atoms with E-state index in [4.69, 9.17) is 4.74 Å². The number of hydrogen-bond donors (Lipinski definition) is 1. The second-order valence-corrected chi connectivity index (χ2v) is 10.6. The molecule has 1 saturated heterocycles. The molecule has 1 aliphatic rings. The molecule has 40 heavy (non-hydrogen) atoms. The van der Waals surface area contributed by atoms with Crippen molar-refractivity contribution >= 4 is 10.9 Å². The molecule has 1 fully saturated rings. The fraction of sp³-hybridized carbons (Fsp3) is 0.323. The number of rotatable bonds is 9. The van der Waals surface area contributed by atoms with Crippen LogP contribution in [0.5, 0.6) is 0 Å². The topological polar surface area (TPSA) is 102 Å². The summed E-state index contributed by atoms with van der Waals surface area (Å²) in [5.74, 6) is 0.616. The molecule has 0 saturated carbocycles. The van der Waals surface area contributed by atoms with E-state index in [1.807, 2.05) is 54.2 Å². The molecule has 0 bridgehead atoms. The lowest BCUT2D eigenvalue weighted by Gasteiger charge is -2.31. The Morgan fingerprint density at radius 3 is 2.62 bits per heavy atom. The molecule has 9 nitrogen and oxygen atoms in total. The third-order valence-electron chi connectivity index (χ3n) is 7.67. The summed E-state index contributed by atoms with van der Waals surface area (Å²) in [5.41, 5.74) is 5.59. The molecule has 2 aromatic carbocycles. The third-order valence-corrected chi connectivity index (χ3v) is 7.67. The van der Waals surface area contributed by atoms with Crippen molar-refractivity contribution in [1.29, 1.82) is 0 Å². The van der Waals surface area contributed by atoms with Crippen LogP contribution in [0.2, 0.25) is 0 Å². The smallest absolute Gasteiger partial charge is 0.253 e. The number of aromatic nitrogens is 6. The molecule has 0 unspecified atom stereocenters. The number of H-pyrrole nitrogens is 1. The van der Waals surface area contributed by atoms with Crippen molar-refractivity contribution in [2.24, 2.45) is 0 Å². The zero-order valence-corrected chi connectivity index (χ0v) is 22.8. The number of benzene rings is 2. The van der Waals surface area contributed by atoms with Crippen LogP contribution < -0.4 is 5.56 Å². The average Bonchev–Trinajstić information content (AvgIpc) is 3.66. The fourth-order valence-electron chi connectivity index (χ4n) is 5.59. The highest BCUT2D eigenvalue weighted by Crippen LogP contribution is 2.31. The number of fused-ring (bicyclic) bond motifs is 1. The van der Waals surface area contributed by atoms with Gasteiger partial charge in [-0.2, -0.15) is 0 Å². The van der Waals surface area contributed by atoms with E-state index in [0.717, 1.165) is 52.6 Å². The van der Waals surface area contributed by atoms with E-state index in [9.17, 15) is 4.79 Å². The van der Waals surface area contributed by atoms with Crippen LogP contribution in [0.4, 0.5) is 0 Å². The summed E-state index contributed by atoms with van der Waals surface area (Å²) in [5, 5.41) is 14.0. The number of ether oxygens (including phenoxy) is 1. The minimum Gasteiger partial charge on any atom is -0.376 e. The van der Waals surface area contributed by atoms with Crippen molar-refractivity contribution in [3.8, 4) is 0 Å². The molecule has 1 N–H and O–H groups in total.